The van der Waals surface area contributed by atoms with Crippen LogP contribution in [0.25, 0.3) is 5.65 Å². The number of fused-ring (bicyclic) bond motifs is 2. The second-order valence-electron chi connectivity index (χ2n) is 6.85. The van der Waals surface area contributed by atoms with Crippen molar-refractivity contribution in [2.45, 2.75) is 37.8 Å². The van der Waals surface area contributed by atoms with Crippen molar-refractivity contribution in [3.8, 4) is 0 Å². The highest BCUT2D eigenvalue weighted by molar-refractivity contribution is 5.65. The van der Waals surface area contributed by atoms with Crippen LogP contribution in [0.2, 0.25) is 0 Å². The number of benzene rings is 1. The standard InChI is InChI=1S/C19H19N5O2/c25-23-15-6-3-12-10-13(4-5-14(12)15)21-19-18(16-2-1-9-26-16)22-17-11-20-7-8-24(17)19/h4-5,7-8,10-11,15-16,21H,1-3,6,9H2. The zero-order valence-corrected chi connectivity index (χ0v) is 14.3. The molecule has 0 amide bonds. The molecular weight excluding hydrogens is 330 g/mol. The van der Waals surface area contributed by atoms with E-state index in [1.54, 1.807) is 12.4 Å². The maximum absolute atomic E-state index is 11.0. The lowest BCUT2D eigenvalue weighted by Gasteiger charge is -2.13. The Kier molecular flexibility index (Phi) is 3.67. The van der Waals surface area contributed by atoms with E-state index >= 15 is 0 Å². The van der Waals surface area contributed by atoms with E-state index in [1.165, 1.54) is 5.56 Å². The second-order valence-corrected chi connectivity index (χ2v) is 6.85. The third-order valence-electron chi connectivity index (χ3n) is 5.27. The average Bonchev–Trinajstić information content (AvgIpc) is 3.40. The molecule has 132 valence electrons. The molecule has 26 heavy (non-hydrogen) atoms. The smallest absolute Gasteiger partial charge is 0.157 e. The fourth-order valence-corrected chi connectivity index (χ4v) is 3.99. The minimum absolute atomic E-state index is 0.00970. The van der Waals surface area contributed by atoms with Gasteiger partial charge in [0.25, 0.3) is 0 Å². The van der Waals surface area contributed by atoms with E-state index < -0.39 is 0 Å². The van der Waals surface area contributed by atoms with Gasteiger partial charge in [-0.05, 0) is 48.9 Å². The fourth-order valence-electron chi connectivity index (χ4n) is 3.99. The van der Waals surface area contributed by atoms with Crippen LogP contribution in [0, 0.1) is 4.91 Å². The topological polar surface area (TPSA) is 80.9 Å². The molecule has 7 nitrogen and oxygen atoms in total. The summed E-state index contributed by atoms with van der Waals surface area (Å²) < 4.78 is 7.87. The molecule has 2 aromatic heterocycles. The van der Waals surface area contributed by atoms with Crippen LogP contribution in [0.1, 0.15) is 48.2 Å². The van der Waals surface area contributed by atoms with Crippen molar-refractivity contribution in [1.29, 1.82) is 0 Å². The molecule has 1 aliphatic carbocycles. The average molecular weight is 349 g/mol. The van der Waals surface area contributed by atoms with Crippen LogP contribution < -0.4 is 5.32 Å². The Balaban J connectivity index is 1.55. The summed E-state index contributed by atoms with van der Waals surface area (Å²) in [5.74, 6) is 0.914. The largest absolute Gasteiger partial charge is 0.372 e. The molecule has 0 radical (unpaired) electrons. The van der Waals surface area contributed by atoms with E-state index in [-0.39, 0.29) is 12.1 Å². The van der Waals surface area contributed by atoms with Gasteiger partial charge in [-0.15, -0.1) is 0 Å². The van der Waals surface area contributed by atoms with Gasteiger partial charge in [-0.3, -0.25) is 9.38 Å². The summed E-state index contributed by atoms with van der Waals surface area (Å²) in [5, 5.41) is 6.75. The third kappa shape index (κ3) is 2.47. The normalized spacial score (nSPS) is 21.8. The van der Waals surface area contributed by atoms with E-state index in [4.69, 9.17) is 9.72 Å². The van der Waals surface area contributed by atoms with Crippen molar-refractivity contribution in [3.05, 3.63) is 58.5 Å². The lowest BCUT2D eigenvalue weighted by Crippen LogP contribution is -2.03. The van der Waals surface area contributed by atoms with E-state index in [0.717, 1.165) is 60.7 Å². The number of nitroso groups, excluding NO2 is 1. The molecule has 1 saturated heterocycles. The molecule has 1 N–H and O–H groups in total. The minimum atomic E-state index is -0.205. The summed E-state index contributed by atoms with van der Waals surface area (Å²) in [6, 6.07) is 5.92. The summed E-state index contributed by atoms with van der Waals surface area (Å²) in [5.41, 5.74) is 4.93. The quantitative estimate of drug-likeness (QED) is 0.718. The summed E-state index contributed by atoms with van der Waals surface area (Å²) >= 11 is 0. The third-order valence-corrected chi connectivity index (χ3v) is 5.27. The molecule has 5 rings (SSSR count). The number of imidazole rings is 1. The molecule has 2 aliphatic rings. The SMILES string of the molecule is O=NC1CCc2cc(Nc3c(C4CCCO4)nc4cnccn34)ccc21. The molecule has 1 fully saturated rings. The lowest BCUT2D eigenvalue weighted by molar-refractivity contribution is 0.109. The van der Waals surface area contributed by atoms with Crippen LogP contribution in [-0.4, -0.2) is 21.0 Å². The number of aromatic nitrogens is 3. The van der Waals surface area contributed by atoms with Crippen LogP contribution in [0.3, 0.4) is 0 Å². The summed E-state index contributed by atoms with van der Waals surface area (Å²) in [6.07, 6.45) is 9.13. The highest BCUT2D eigenvalue weighted by atomic mass is 16.5. The van der Waals surface area contributed by atoms with Gasteiger partial charge < -0.3 is 10.1 Å². The lowest BCUT2D eigenvalue weighted by atomic mass is 10.1. The molecule has 0 spiro atoms. The van der Waals surface area contributed by atoms with Crippen LogP contribution in [0.15, 0.2) is 42.0 Å². The maximum Gasteiger partial charge on any atom is 0.157 e. The highest BCUT2D eigenvalue weighted by Crippen LogP contribution is 2.38. The Morgan fingerprint density at radius 1 is 1.31 bits per heavy atom. The van der Waals surface area contributed by atoms with Gasteiger partial charge >= 0.3 is 0 Å². The van der Waals surface area contributed by atoms with Crippen LogP contribution >= 0.6 is 0 Å². The first-order valence-electron chi connectivity index (χ1n) is 8.99. The second kappa shape index (κ2) is 6.17. The van der Waals surface area contributed by atoms with Crippen molar-refractivity contribution in [2.75, 3.05) is 11.9 Å². The number of hydrogen-bond donors (Lipinski definition) is 1. The molecule has 3 aromatic rings. The van der Waals surface area contributed by atoms with Gasteiger partial charge in [0, 0.05) is 24.7 Å². The Morgan fingerprint density at radius 3 is 3.12 bits per heavy atom. The number of anilines is 2. The summed E-state index contributed by atoms with van der Waals surface area (Å²) in [6.45, 7) is 0.773. The van der Waals surface area contributed by atoms with Gasteiger partial charge in [-0.1, -0.05) is 11.2 Å². The van der Waals surface area contributed by atoms with Crippen molar-refractivity contribution in [2.24, 2.45) is 5.18 Å². The van der Waals surface area contributed by atoms with Crippen LogP contribution in [0.4, 0.5) is 11.5 Å². The van der Waals surface area contributed by atoms with E-state index in [2.05, 4.69) is 21.5 Å². The predicted molar refractivity (Wildman–Crippen MR) is 97.5 cm³/mol. The van der Waals surface area contributed by atoms with Gasteiger partial charge in [-0.25, -0.2) is 4.98 Å². The fraction of sp³-hybridized carbons (Fsp3) is 0.368. The van der Waals surface area contributed by atoms with Crippen LogP contribution in [-0.2, 0) is 11.2 Å². The molecule has 1 aromatic carbocycles. The van der Waals surface area contributed by atoms with Crippen molar-refractivity contribution >= 4 is 17.2 Å². The zero-order valence-electron chi connectivity index (χ0n) is 14.3. The summed E-state index contributed by atoms with van der Waals surface area (Å²) in [4.78, 5) is 19.9. The first-order chi connectivity index (χ1) is 12.8. The summed E-state index contributed by atoms with van der Waals surface area (Å²) in [7, 11) is 0. The van der Waals surface area contributed by atoms with Crippen molar-refractivity contribution in [1.82, 2.24) is 14.4 Å². The van der Waals surface area contributed by atoms with Gasteiger partial charge in [0.05, 0.1) is 6.20 Å². The van der Waals surface area contributed by atoms with Crippen LogP contribution in [0.5, 0.6) is 0 Å². The number of nitrogens with zero attached hydrogens (tertiary/aromatic N) is 4. The predicted octanol–water partition coefficient (Wildman–Crippen LogP) is 4.08. The Hall–Kier alpha value is -2.80. The van der Waals surface area contributed by atoms with Gasteiger partial charge in [0.1, 0.15) is 23.7 Å². The minimum Gasteiger partial charge on any atom is -0.372 e. The number of rotatable bonds is 4. The first kappa shape index (κ1) is 15.5. The van der Waals surface area contributed by atoms with Crippen molar-refractivity contribution in [3.63, 3.8) is 0 Å². The maximum atomic E-state index is 11.0. The Morgan fingerprint density at radius 2 is 2.27 bits per heavy atom. The molecule has 1 aliphatic heterocycles. The number of nitrogens with one attached hydrogen (secondary N) is 1. The van der Waals surface area contributed by atoms with E-state index in [1.807, 2.05) is 22.7 Å². The zero-order chi connectivity index (χ0) is 17.5. The highest BCUT2D eigenvalue weighted by Gasteiger charge is 2.27. The number of ether oxygens (including phenoxy) is 1. The van der Waals surface area contributed by atoms with E-state index in [0.29, 0.717) is 0 Å². The number of aryl methyl sites for hydroxylation is 1. The Labute approximate surface area is 150 Å². The molecule has 0 saturated carbocycles. The monoisotopic (exact) mass is 349 g/mol. The van der Waals surface area contributed by atoms with Crippen molar-refractivity contribution < 1.29 is 4.74 Å². The number of hydrogen-bond acceptors (Lipinski definition) is 6. The molecule has 0 bridgehead atoms. The molecule has 7 heteroatoms. The molecular formula is C19H19N5O2. The van der Waals surface area contributed by atoms with E-state index in [9.17, 15) is 4.91 Å². The molecule has 2 atom stereocenters. The van der Waals surface area contributed by atoms with Gasteiger partial charge in [0.2, 0.25) is 0 Å². The molecule has 3 heterocycles. The molecule has 2 unspecified atom stereocenters. The first-order valence-corrected chi connectivity index (χ1v) is 8.99. The van der Waals surface area contributed by atoms with Gasteiger partial charge in [-0.2, -0.15) is 4.91 Å². The van der Waals surface area contributed by atoms with Gasteiger partial charge in [0.15, 0.2) is 5.65 Å². The Bertz CT molecular complexity index is 977.